The van der Waals surface area contributed by atoms with E-state index in [1.165, 1.54) is 11.3 Å². The van der Waals surface area contributed by atoms with Gasteiger partial charge >= 0.3 is 0 Å². The second-order valence-electron chi connectivity index (χ2n) is 5.54. The Morgan fingerprint density at radius 3 is 2.76 bits per heavy atom. The summed E-state index contributed by atoms with van der Waals surface area (Å²) in [4.78, 5) is 6.05. The number of aryl methyl sites for hydroxylation is 1. The molecule has 0 bridgehead atoms. The molecule has 1 aliphatic rings. The highest BCUT2D eigenvalue weighted by Crippen LogP contribution is 2.25. The van der Waals surface area contributed by atoms with Gasteiger partial charge < -0.3 is 10.0 Å². The highest BCUT2D eigenvalue weighted by atomic mass is 32.2. The van der Waals surface area contributed by atoms with Crippen molar-refractivity contribution >= 4 is 21.4 Å². The van der Waals surface area contributed by atoms with Crippen molar-refractivity contribution in [2.24, 2.45) is 0 Å². The van der Waals surface area contributed by atoms with Crippen LogP contribution in [0.3, 0.4) is 0 Å². The minimum atomic E-state index is -3.52. The predicted octanol–water partition coefficient (Wildman–Crippen LogP) is 0.0729. The van der Waals surface area contributed by atoms with E-state index in [2.05, 4.69) is 14.5 Å². The minimum absolute atomic E-state index is 0.128. The Balaban J connectivity index is 2.05. The van der Waals surface area contributed by atoms with E-state index >= 15 is 0 Å². The highest BCUT2D eigenvalue weighted by molar-refractivity contribution is 7.89. The molecule has 1 aromatic rings. The first-order chi connectivity index (χ1) is 9.83. The smallest absolute Gasteiger partial charge is 0.241 e. The lowest BCUT2D eigenvalue weighted by molar-refractivity contribution is 0.117. The molecule has 0 amide bonds. The second-order valence-corrected chi connectivity index (χ2v) is 8.62. The fourth-order valence-corrected chi connectivity index (χ4v) is 5.04. The van der Waals surface area contributed by atoms with Gasteiger partial charge in [0.2, 0.25) is 10.0 Å². The van der Waals surface area contributed by atoms with Gasteiger partial charge in [-0.15, -0.1) is 11.3 Å². The van der Waals surface area contributed by atoms with Crippen LogP contribution in [-0.2, 0) is 16.6 Å². The monoisotopic (exact) mass is 333 g/mol. The van der Waals surface area contributed by atoms with Gasteiger partial charge in [0.15, 0.2) is 0 Å². The number of nitrogens with one attached hydrogen (secondary N) is 1. The maximum absolute atomic E-state index is 12.4. The lowest BCUT2D eigenvalue weighted by Gasteiger charge is -2.37. The quantitative estimate of drug-likeness (QED) is 0.798. The van der Waals surface area contributed by atoms with E-state index in [1.807, 2.05) is 14.1 Å². The average Bonchev–Trinajstić information content (AvgIpc) is 2.82. The van der Waals surface area contributed by atoms with Crippen LogP contribution in [-0.4, -0.2) is 69.6 Å². The first kappa shape index (κ1) is 16.9. The van der Waals surface area contributed by atoms with E-state index in [0.717, 1.165) is 19.6 Å². The summed E-state index contributed by atoms with van der Waals surface area (Å²) in [5.41, 5.74) is 0. The van der Waals surface area contributed by atoms with Crippen molar-refractivity contribution < 1.29 is 13.5 Å². The molecule has 21 heavy (non-hydrogen) atoms. The second kappa shape index (κ2) is 6.72. The normalized spacial score (nSPS) is 21.8. The van der Waals surface area contributed by atoms with Crippen LogP contribution in [0.25, 0.3) is 0 Å². The Labute approximate surface area is 130 Å². The first-order valence-corrected chi connectivity index (χ1v) is 9.22. The van der Waals surface area contributed by atoms with Gasteiger partial charge in [0.05, 0.1) is 11.5 Å². The van der Waals surface area contributed by atoms with Gasteiger partial charge in [0.25, 0.3) is 0 Å². The van der Waals surface area contributed by atoms with Crippen molar-refractivity contribution in [2.75, 3.05) is 40.3 Å². The first-order valence-electron chi connectivity index (χ1n) is 6.92. The zero-order valence-corrected chi connectivity index (χ0v) is 14.3. The van der Waals surface area contributed by atoms with Gasteiger partial charge in [-0.3, -0.25) is 4.90 Å². The van der Waals surface area contributed by atoms with Crippen LogP contribution in [0, 0.1) is 6.92 Å². The van der Waals surface area contributed by atoms with E-state index in [9.17, 15) is 8.42 Å². The van der Waals surface area contributed by atoms with Gasteiger partial charge in [-0.1, -0.05) is 0 Å². The number of hydrogen-bond acceptors (Lipinski definition) is 6. The van der Waals surface area contributed by atoms with Gasteiger partial charge in [-0.2, -0.15) is 0 Å². The predicted molar refractivity (Wildman–Crippen MR) is 84.1 cm³/mol. The zero-order valence-electron chi connectivity index (χ0n) is 12.7. The van der Waals surface area contributed by atoms with Crippen LogP contribution in [0.15, 0.2) is 11.0 Å². The van der Waals surface area contributed by atoms with Crippen LogP contribution in [0.4, 0.5) is 0 Å². The lowest BCUT2D eigenvalue weighted by Crippen LogP contribution is -2.54. The number of aliphatic hydroxyl groups excluding tert-OH is 1. The summed E-state index contributed by atoms with van der Waals surface area (Å²) in [7, 11) is 0.550. The molecule has 1 unspecified atom stereocenters. The summed E-state index contributed by atoms with van der Waals surface area (Å²) >= 11 is 1.32. The summed E-state index contributed by atoms with van der Waals surface area (Å²) in [6.07, 6.45) is 0. The van der Waals surface area contributed by atoms with Gasteiger partial charge in [0, 0.05) is 42.0 Å². The zero-order chi connectivity index (χ0) is 15.6. The fourth-order valence-electron chi connectivity index (χ4n) is 2.47. The molecule has 6 nitrogen and oxygen atoms in total. The van der Waals surface area contributed by atoms with Gasteiger partial charge in [-0.05, 0) is 27.1 Å². The Kier molecular flexibility index (Phi) is 5.39. The molecule has 0 radical (unpaired) electrons. The Morgan fingerprint density at radius 2 is 2.14 bits per heavy atom. The summed E-state index contributed by atoms with van der Waals surface area (Å²) < 4.78 is 27.5. The molecule has 0 saturated carbocycles. The molecule has 1 saturated heterocycles. The maximum Gasteiger partial charge on any atom is 0.241 e. The number of sulfonamides is 1. The van der Waals surface area contributed by atoms with E-state index < -0.39 is 10.0 Å². The van der Waals surface area contributed by atoms with Crippen LogP contribution >= 0.6 is 11.3 Å². The number of nitrogens with zero attached hydrogens (tertiary/aromatic N) is 2. The SMILES string of the molecule is Cc1sc(CO)cc1S(=O)(=O)NCC1CN(C)CCN1C. The highest BCUT2D eigenvalue weighted by Gasteiger charge is 2.25. The van der Waals surface area contributed by atoms with Crippen molar-refractivity contribution in [3.05, 3.63) is 15.8 Å². The standard InChI is InChI=1S/C13H23N3O3S2/c1-10-13(6-12(9-17)20-10)21(18,19)14-7-11-8-15(2)4-5-16(11)3/h6,11,14,17H,4-5,7-9H2,1-3H3. The number of rotatable bonds is 5. The molecule has 0 aliphatic carbocycles. The molecule has 0 spiro atoms. The minimum Gasteiger partial charge on any atom is -0.391 e. The fraction of sp³-hybridized carbons (Fsp3) is 0.692. The molecule has 2 N–H and O–H groups in total. The Morgan fingerprint density at radius 1 is 1.43 bits per heavy atom. The average molecular weight is 333 g/mol. The van der Waals surface area contributed by atoms with Crippen molar-refractivity contribution in [1.82, 2.24) is 14.5 Å². The van der Waals surface area contributed by atoms with Crippen molar-refractivity contribution in [2.45, 2.75) is 24.5 Å². The number of aliphatic hydroxyl groups is 1. The number of hydrogen-bond donors (Lipinski definition) is 2. The van der Waals surface area contributed by atoms with Crippen molar-refractivity contribution in [3.63, 3.8) is 0 Å². The van der Waals surface area contributed by atoms with Crippen LogP contribution in [0.5, 0.6) is 0 Å². The third-order valence-corrected chi connectivity index (χ3v) is 6.57. The number of piperazine rings is 1. The Bertz CT molecular complexity index is 585. The molecule has 1 fully saturated rings. The van der Waals surface area contributed by atoms with Crippen LogP contribution < -0.4 is 4.72 Å². The number of thiophene rings is 1. The Hall–Kier alpha value is -0.510. The maximum atomic E-state index is 12.4. The molecule has 2 heterocycles. The molecule has 120 valence electrons. The summed E-state index contributed by atoms with van der Waals surface area (Å²) in [6, 6.07) is 1.73. The van der Waals surface area contributed by atoms with E-state index in [0.29, 0.717) is 16.3 Å². The largest absolute Gasteiger partial charge is 0.391 e. The summed E-state index contributed by atoms with van der Waals surface area (Å²) in [5, 5.41) is 9.12. The van der Waals surface area contributed by atoms with E-state index in [1.54, 1.807) is 13.0 Å². The third-order valence-electron chi connectivity index (χ3n) is 3.86. The van der Waals surface area contributed by atoms with Gasteiger partial charge in [-0.25, -0.2) is 13.1 Å². The molecule has 1 aliphatic heterocycles. The molecule has 8 heteroatoms. The third kappa shape index (κ3) is 4.02. The number of likely N-dealkylation sites (N-methyl/N-ethyl adjacent to an activating group) is 2. The summed E-state index contributed by atoms with van der Waals surface area (Å²) in [6.45, 7) is 4.82. The topological polar surface area (TPSA) is 72.9 Å². The molecule has 2 rings (SSSR count). The lowest BCUT2D eigenvalue weighted by atomic mass is 10.2. The van der Waals surface area contributed by atoms with Crippen LogP contribution in [0.1, 0.15) is 9.75 Å². The van der Waals surface area contributed by atoms with Crippen molar-refractivity contribution in [3.8, 4) is 0 Å². The van der Waals surface area contributed by atoms with E-state index in [4.69, 9.17) is 5.11 Å². The molecular weight excluding hydrogens is 310 g/mol. The molecular formula is C13H23N3O3S2. The van der Waals surface area contributed by atoms with Crippen LogP contribution in [0.2, 0.25) is 0 Å². The van der Waals surface area contributed by atoms with Gasteiger partial charge in [0.1, 0.15) is 0 Å². The molecule has 1 atom stereocenters. The van der Waals surface area contributed by atoms with Crippen molar-refractivity contribution in [1.29, 1.82) is 0 Å². The molecule has 0 aromatic carbocycles. The summed E-state index contributed by atoms with van der Waals surface area (Å²) in [5.74, 6) is 0. The molecule has 1 aromatic heterocycles. The van der Waals surface area contributed by atoms with E-state index in [-0.39, 0.29) is 17.5 Å².